The Bertz CT molecular complexity index is 1070. The van der Waals surface area contributed by atoms with Crippen LogP contribution in [-0.4, -0.2) is 48.3 Å². The Labute approximate surface area is 194 Å². The van der Waals surface area contributed by atoms with E-state index in [1.807, 2.05) is 37.4 Å². The number of benzene rings is 2. The second kappa shape index (κ2) is 10.3. The summed E-state index contributed by atoms with van der Waals surface area (Å²) in [5, 5.41) is 9.67. The highest BCUT2D eigenvalue weighted by Crippen LogP contribution is 2.35. The molecule has 0 radical (unpaired) electrons. The summed E-state index contributed by atoms with van der Waals surface area (Å²) in [7, 11) is 3.70. The molecule has 33 heavy (non-hydrogen) atoms. The van der Waals surface area contributed by atoms with Gasteiger partial charge in [-0.2, -0.15) is 0 Å². The quantitative estimate of drug-likeness (QED) is 0.515. The average molecular weight is 447 g/mol. The molecule has 0 saturated carbocycles. The molecule has 7 nitrogen and oxygen atoms in total. The van der Waals surface area contributed by atoms with Crippen molar-refractivity contribution >= 4 is 17.6 Å². The maximum absolute atomic E-state index is 11.8. The molecule has 3 aromatic rings. The number of nitrogens with zero attached hydrogens (tertiary/aromatic N) is 4. The van der Waals surface area contributed by atoms with E-state index in [0.29, 0.717) is 18.1 Å². The molecule has 0 unspecified atom stereocenters. The van der Waals surface area contributed by atoms with E-state index >= 15 is 0 Å². The maximum Gasteiger partial charge on any atom is 0.339 e. The average Bonchev–Trinajstić information content (AvgIpc) is 3.34. The standard InChI is InChI=1S/C26H30N4O3/c1-29(20-8-4-3-5-9-20)16-6-10-23-22(25(31)32)18-27-26(28-23)30-17-7-11-24(30)19-12-14-21(33-2)15-13-19/h3-5,8-9,12-15,18,24H,6-7,10-11,16-17H2,1-2H3,(H,31,32)/t24-/m0/s1. The molecule has 1 aromatic heterocycles. The Morgan fingerprint density at radius 2 is 1.94 bits per heavy atom. The molecule has 0 aliphatic carbocycles. The van der Waals surface area contributed by atoms with Crippen molar-refractivity contribution < 1.29 is 14.6 Å². The van der Waals surface area contributed by atoms with Crippen LogP contribution in [0.25, 0.3) is 0 Å². The van der Waals surface area contributed by atoms with Gasteiger partial charge in [0.15, 0.2) is 0 Å². The number of methoxy groups -OCH3 is 1. The number of aromatic carboxylic acids is 1. The molecule has 0 bridgehead atoms. The van der Waals surface area contributed by atoms with Crippen LogP contribution in [0.15, 0.2) is 60.8 Å². The summed E-state index contributed by atoms with van der Waals surface area (Å²) in [6, 6.07) is 18.4. The molecular weight excluding hydrogens is 416 g/mol. The second-order valence-electron chi connectivity index (χ2n) is 8.32. The molecule has 0 spiro atoms. The van der Waals surface area contributed by atoms with E-state index in [1.165, 1.54) is 11.8 Å². The summed E-state index contributed by atoms with van der Waals surface area (Å²) in [6.45, 7) is 1.65. The van der Waals surface area contributed by atoms with Crippen LogP contribution >= 0.6 is 0 Å². The van der Waals surface area contributed by atoms with Gasteiger partial charge in [0.2, 0.25) is 5.95 Å². The lowest BCUT2D eigenvalue weighted by Crippen LogP contribution is -2.26. The van der Waals surface area contributed by atoms with Crippen LogP contribution in [-0.2, 0) is 6.42 Å². The van der Waals surface area contributed by atoms with E-state index in [2.05, 4.69) is 39.0 Å². The summed E-state index contributed by atoms with van der Waals surface area (Å²) >= 11 is 0. The third kappa shape index (κ3) is 5.25. The van der Waals surface area contributed by atoms with Gasteiger partial charge in [0.25, 0.3) is 0 Å². The van der Waals surface area contributed by atoms with Gasteiger partial charge in [0, 0.05) is 32.0 Å². The Kier molecular flexibility index (Phi) is 7.07. The first-order valence-electron chi connectivity index (χ1n) is 11.3. The van der Waals surface area contributed by atoms with E-state index < -0.39 is 5.97 Å². The number of para-hydroxylation sites is 1. The highest BCUT2D eigenvalue weighted by atomic mass is 16.5. The van der Waals surface area contributed by atoms with Gasteiger partial charge in [-0.1, -0.05) is 30.3 Å². The normalized spacial score (nSPS) is 15.5. The van der Waals surface area contributed by atoms with Crippen LogP contribution in [0.1, 0.15) is 46.9 Å². The number of rotatable bonds is 9. The minimum atomic E-state index is -0.985. The summed E-state index contributed by atoms with van der Waals surface area (Å²) < 4.78 is 5.28. The minimum Gasteiger partial charge on any atom is -0.497 e. The van der Waals surface area contributed by atoms with E-state index in [4.69, 9.17) is 9.72 Å². The zero-order valence-electron chi connectivity index (χ0n) is 19.1. The number of hydrogen-bond acceptors (Lipinski definition) is 6. The molecule has 172 valence electrons. The third-order valence-electron chi connectivity index (χ3n) is 6.20. The predicted molar refractivity (Wildman–Crippen MR) is 129 cm³/mol. The van der Waals surface area contributed by atoms with Crippen molar-refractivity contribution in [3.63, 3.8) is 0 Å². The molecule has 1 saturated heterocycles. The number of aromatic nitrogens is 2. The summed E-state index contributed by atoms with van der Waals surface area (Å²) in [4.78, 5) is 25.3. The van der Waals surface area contributed by atoms with Crippen LogP contribution in [0.5, 0.6) is 5.75 Å². The first kappa shape index (κ1) is 22.6. The van der Waals surface area contributed by atoms with Crippen LogP contribution in [0, 0.1) is 0 Å². The fourth-order valence-electron chi connectivity index (χ4n) is 4.39. The number of ether oxygens (including phenoxy) is 1. The van der Waals surface area contributed by atoms with Crippen LogP contribution in [0.3, 0.4) is 0 Å². The number of carbonyl (C=O) groups is 1. The van der Waals surface area contributed by atoms with E-state index in [-0.39, 0.29) is 11.6 Å². The lowest BCUT2D eigenvalue weighted by Gasteiger charge is -2.26. The molecule has 7 heteroatoms. The van der Waals surface area contributed by atoms with Crippen LogP contribution in [0.4, 0.5) is 11.6 Å². The van der Waals surface area contributed by atoms with Gasteiger partial charge in [-0.05, 0) is 55.5 Å². The Balaban J connectivity index is 1.50. The van der Waals surface area contributed by atoms with Crippen molar-refractivity contribution in [1.82, 2.24) is 9.97 Å². The third-order valence-corrected chi connectivity index (χ3v) is 6.20. The lowest BCUT2D eigenvalue weighted by atomic mass is 10.0. The largest absolute Gasteiger partial charge is 0.497 e. The Hall–Kier alpha value is -3.61. The lowest BCUT2D eigenvalue weighted by molar-refractivity contribution is 0.0694. The van der Waals surface area contributed by atoms with Crippen molar-refractivity contribution in [2.75, 3.05) is 37.0 Å². The molecule has 2 aromatic carbocycles. The molecule has 0 amide bonds. The van der Waals surface area contributed by atoms with Crippen molar-refractivity contribution in [2.24, 2.45) is 0 Å². The van der Waals surface area contributed by atoms with Crippen molar-refractivity contribution in [2.45, 2.75) is 31.7 Å². The van der Waals surface area contributed by atoms with E-state index in [1.54, 1.807) is 7.11 Å². The first-order valence-corrected chi connectivity index (χ1v) is 11.3. The van der Waals surface area contributed by atoms with Crippen molar-refractivity contribution in [3.05, 3.63) is 77.6 Å². The number of carboxylic acids is 1. The van der Waals surface area contributed by atoms with E-state index in [0.717, 1.165) is 43.8 Å². The molecule has 4 rings (SSSR count). The molecule has 1 N–H and O–H groups in total. The highest BCUT2D eigenvalue weighted by Gasteiger charge is 2.29. The van der Waals surface area contributed by atoms with Gasteiger partial charge in [-0.15, -0.1) is 0 Å². The predicted octanol–water partition coefficient (Wildman–Crippen LogP) is 4.59. The number of anilines is 2. The minimum absolute atomic E-state index is 0.170. The second-order valence-corrected chi connectivity index (χ2v) is 8.32. The smallest absolute Gasteiger partial charge is 0.339 e. The van der Waals surface area contributed by atoms with Crippen LogP contribution in [0.2, 0.25) is 0 Å². The topological polar surface area (TPSA) is 78.8 Å². The van der Waals surface area contributed by atoms with Gasteiger partial charge in [-0.3, -0.25) is 0 Å². The number of carboxylic acid groups (broad SMARTS) is 1. The van der Waals surface area contributed by atoms with E-state index in [9.17, 15) is 9.90 Å². The van der Waals surface area contributed by atoms with Gasteiger partial charge in [0.05, 0.1) is 24.4 Å². The Morgan fingerprint density at radius 1 is 1.18 bits per heavy atom. The SMILES string of the molecule is COc1ccc([C@@H]2CCCN2c2ncc(C(=O)O)c(CCCN(C)c3ccccc3)n2)cc1. The summed E-state index contributed by atoms with van der Waals surface area (Å²) in [6.07, 6.45) is 4.88. The van der Waals surface area contributed by atoms with Gasteiger partial charge >= 0.3 is 5.97 Å². The molecule has 1 fully saturated rings. The molecule has 1 aliphatic rings. The number of hydrogen-bond donors (Lipinski definition) is 1. The zero-order valence-corrected chi connectivity index (χ0v) is 19.1. The monoisotopic (exact) mass is 446 g/mol. The fraction of sp³-hybridized carbons (Fsp3) is 0.346. The van der Waals surface area contributed by atoms with Gasteiger partial charge in [0.1, 0.15) is 5.75 Å². The van der Waals surface area contributed by atoms with Gasteiger partial charge in [-0.25, -0.2) is 14.8 Å². The van der Waals surface area contributed by atoms with Crippen molar-refractivity contribution in [3.8, 4) is 5.75 Å². The molecule has 2 heterocycles. The first-order chi connectivity index (χ1) is 16.1. The van der Waals surface area contributed by atoms with Crippen molar-refractivity contribution in [1.29, 1.82) is 0 Å². The molecular formula is C26H30N4O3. The maximum atomic E-state index is 11.8. The number of aryl methyl sites for hydroxylation is 1. The Morgan fingerprint density at radius 3 is 2.64 bits per heavy atom. The fourth-order valence-corrected chi connectivity index (χ4v) is 4.39. The zero-order chi connectivity index (χ0) is 23.2. The van der Waals surface area contributed by atoms with Crippen LogP contribution < -0.4 is 14.5 Å². The molecule has 1 aliphatic heterocycles. The summed E-state index contributed by atoms with van der Waals surface area (Å²) in [5.41, 5.74) is 3.10. The highest BCUT2D eigenvalue weighted by molar-refractivity contribution is 5.88. The molecule has 1 atom stereocenters. The van der Waals surface area contributed by atoms with Gasteiger partial charge < -0.3 is 19.6 Å². The summed E-state index contributed by atoms with van der Waals surface area (Å²) in [5.74, 6) is 0.443.